The average molecular weight is 463 g/mol. The van der Waals surface area contributed by atoms with E-state index in [0.29, 0.717) is 11.4 Å². The number of fused-ring (bicyclic) bond motifs is 2. The summed E-state index contributed by atoms with van der Waals surface area (Å²) >= 11 is 0. The Morgan fingerprint density at radius 3 is 2.15 bits per heavy atom. The summed E-state index contributed by atoms with van der Waals surface area (Å²) in [5.74, 6) is -0.196. The molecule has 5 rings (SSSR count). The van der Waals surface area contributed by atoms with Crippen LogP contribution in [-0.4, -0.2) is 22.5 Å². The van der Waals surface area contributed by atoms with Crippen LogP contribution in [0, 0.1) is 0 Å². The summed E-state index contributed by atoms with van der Waals surface area (Å²) in [7, 11) is 0. The molecule has 0 amide bonds. The number of rotatable bonds is 6. The molecule has 0 fully saturated rings. The Balaban J connectivity index is 1.52. The third-order valence-corrected chi connectivity index (χ3v) is 5.28. The van der Waals surface area contributed by atoms with E-state index in [2.05, 4.69) is 26.1 Å². The highest BCUT2D eigenvalue weighted by atomic mass is 19.3. The van der Waals surface area contributed by atoms with Gasteiger partial charge in [-0.1, -0.05) is 54.6 Å². The van der Waals surface area contributed by atoms with Crippen molar-refractivity contribution in [3.63, 3.8) is 0 Å². The van der Waals surface area contributed by atoms with Gasteiger partial charge in [-0.05, 0) is 45.8 Å². The summed E-state index contributed by atoms with van der Waals surface area (Å²) < 4.78 is 55.6. The second kappa shape index (κ2) is 8.62. The molecule has 34 heavy (non-hydrogen) atoms. The van der Waals surface area contributed by atoms with Crippen molar-refractivity contribution in [1.82, 2.24) is 9.97 Å². The minimum Gasteiger partial charge on any atom is -0.428 e. The van der Waals surface area contributed by atoms with Crippen LogP contribution in [0.1, 0.15) is 0 Å². The lowest BCUT2D eigenvalue weighted by Crippen LogP contribution is -2.33. The van der Waals surface area contributed by atoms with Gasteiger partial charge in [-0.2, -0.15) is 17.6 Å². The highest BCUT2D eigenvalue weighted by molar-refractivity contribution is 6.12. The van der Waals surface area contributed by atoms with Crippen LogP contribution in [0.2, 0.25) is 0 Å². The van der Waals surface area contributed by atoms with Crippen molar-refractivity contribution in [1.29, 1.82) is 0 Å². The lowest BCUT2D eigenvalue weighted by molar-refractivity contribution is -0.253. The van der Waals surface area contributed by atoms with Crippen molar-refractivity contribution >= 4 is 33.2 Å². The smallest absolute Gasteiger partial charge is 0.428 e. The lowest BCUT2D eigenvalue weighted by Gasteiger charge is -2.17. The van der Waals surface area contributed by atoms with Crippen molar-refractivity contribution in [2.75, 3.05) is 5.32 Å². The first-order chi connectivity index (χ1) is 16.4. The Morgan fingerprint density at radius 1 is 0.794 bits per heavy atom. The zero-order valence-electron chi connectivity index (χ0n) is 17.6. The third-order valence-electron chi connectivity index (χ3n) is 5.28. The van der Waals surface area contributed by atoms with E-state index in [-0.39, 0.29) is 5.95 Å². The van der Waals surface area contributed by atoms with Gasteiger partial charge in [0.05, 0.1) is 5.69 Å². The van der Waals surface area contributed by atoms with Gasteiger partial charge < -0.3 is 10.1 Å². The molecule has 0 radical (unpaired) electrons. The maximum Gasteiger partial charge on any atom is 0.461 e. The second-order valence-electron chi connectivity index (χ2n) is 7.58. The van der Waals surface area contributed by atoms with Crippen molar-refractivity contribution < 1.29 is 22.3 Å². The first kappa shape index (κ1) is 21.6. The topological polar surface area (TPSA) is 47.0 Å². The SMILES string of the molecule is FC(F)C(F)(F)Oc1cccc(Nc2nccc(-c3c4ccccc4cc4ccccc34)n2)c1. The molecular formula is C26H17F4N3O. The Kier molecular flexibility index (Phi) is 5.49. The molecule has 0 saturated carbocycles. The quantitative estimate of drug-likeness (QED) is 0.210. The molecule has 4 aromatic carbocycles. The van der Waals surface area contributed by atoms with E-state index in [0.717, 1.165) is 27.1 Å². The van der Waals surface area contributed by atoms with Crippen molar-refractivity contribution in [2.24, 2.45) is 0 Å². The number of hydrogen-bond acceptors (Lipinski definition) is 4. The van der Waals surface area contributed by atoms with Crippen molar-refractivity contribution in [3.8, 4) is 17.0 Å². The fourth-order valence-electron chi connectivity index (χ4n) is 3.82. The molecule has 0 aliphatic heterocycles. The number of halogens is 4. The van der Waals surface area contributed by atoms with Gasteiger partial charge in [-0.3, -0.25) is 0 Å². The van der Waals surface area contributed by atoms with Crippen LogP contribution in [0.4, 0.5) is 29.2 Å². The predicted molar refractivity (Wildman–Crippen MR) is 124 cm³/mol. The van der Waals surface area contributed by atoms with E-state index >= 15 is 0 Å². The molecule has 1 N–H and O–H groups in total. The maximum atomic E-state index is 13.3. The molecule has 5 aromatic rings. The average Bonchev–Trinajstić information content (AvgIpc) is 2.82. The second-order valence-corrected chi connectivity index (χ2v) is 7.58. The number of hydrogen-bond donors (Lipinski definition) is 1. The molecule has 170 valence electrons. The summed E-state index contributed by atoms with van der Waals surface area (Å²) in [5.41, 5.74) is 1.91. The standard InChI is InChI=1S/C26H17F4N3O/c27-24(28)26(29,30)34-19-9-5-8-18(15-19)32-25-31-13-12-22(33-25)23-20-10-3-1-6-16(20)14-17-7-2-4-11-21(17)23/h1-15,24H,(H,31,32,33). The normalized spacial score (nSPS) is 11.8. The number of alkyl halides is 4. The van der Waals surface area contributed by atoms with Gasteiger partial charge in [-0.25, -0.2) is 9.97 Å². The van der Waals surface area contributed by atoms with Crippen LogP contribution in [0.15, 0.2) is 91.1 Å². The van der Waals surface area contributed by atoms with Gasteiger partial charge in [-0.15, -0.1) is 0 Å². The van der Waals surface area contributed by atoms with Crippen LogP contribution >= 0.6 is 0 Å². The van der Waals surface area contributed by atoms with Gasteiger partial charge >= 0.3 is 12.5 Å². The Morgan fingerprint density at radius 2 is 1.47 bits per heavy atom. The number of anilines is 2. The highest BCUT2D eigenvalue weighted by Crippen LogP contribution is 2.36. The monoisotopic (exact) mass is 463 g/mol. The van der Waals surface area contributed by atoms with Gasteiger partial charge in [0.1, 0.15) is 5.75 Å². The molecule has 4 nitrogen and oxygen atoms in total. The van der Waals surface area contributed by atoms with Crippen LogP contribution in [-0.2, 0) is 0 Å². The molecule has 0 aliphatic rings. The molecule has 0 bridgehead atoms. The van der Waals surface area contributed by atoms with Crippen LogP contribution in [0.5, 0.6) is 5.75 Å². The number of benzene rings is 4. The molecule has 0 unspecified atom stereocenters. The number of nitrogens with one attached hydrogen (secondary N) is 1. The Labute approximate surface area is 191 Å². The summed E-state index contributed by atoms with van der Waals surface area (Å²) in [6.45, 7) is 0. The van der Waals surface area contributed by atoms with E-state index in [1.54, 1.807) is 18.3 Å². The maximum absolute atomic E-state index is 13.3. The summed E-state index contributed by atoms with van der Waals surface area (Å²) in [6.07, 6.45) is -6.95. The largest absolute Gasteiger partial charge is 0.461 e. The predicted octanol–water partition coefficient (Wildman–Crippen LogP) is 7.43. The Bertz CT molecular complexity index is 1440. The zero-order chi connectivity index (χ0) is 23.7. The molecule has 0 saturated heterocycles. The summed E-state index contributed by atoms with van der Waals surface area (Å²) in [6, 6.07) is 25.2. The summed E-state index contributed by atoms with van der Waals surface area (Å²) in [5, 5.41) is 7.11. The Hall–Kier alpha value is -4.20. The van der Waals surface area contributed by atoms with Crippen molar-refractivity contribution in [2.45, 2.75) is 12.5 Å². The van der Waals surface area contributed by atoms with Crippen molar-refractivity contribution in [3.05, 3.63) is 91.1 Å². The van der Waals surface area contributed by atoms with Crippen LogP contribution < -0.4 is 10.1 Å². The lowest BCUT2D eigenvalue weighted by atomic mass is 9.95. The minimum absolute atomic E-state index is 0.215. The first-order valence-electron chi connectivity index (χ1n) is 10.4. The minimum atomic E-state index is -4.59. The van der Waals surface area contributed by atoms with E-state index in [4.69, 9.17) is 0 Å². The number of ether oxygens (including phenoxy) is 1. The van der Waals surface area contributed by atoms with E-state index < -0.39 is 18.3 Å². The highest BCUT2D eigenvalue weighted by Gasteiger charge is 2.44. The first-order valence-corrected chi connectivity index (χ1v) is 10.4. The summed E-state index contributed by atoms with van der Waals surface area (Å²) in [4.78, 5) is 8.86. The number of nitrogens with zero attached hydrogens (tertiary/aromatic N) is 2. The van der Waals surface area contributed by atoms with Crippen LogP contribution in [0.3, 0.4) is 0 Å². The third kappa shape index (κ3) is 4.22. The van der Waals surface area contributed by atoms with Gasteiger partial charge in [0.15, 0.2) is 0 Å². The van der Waals surface area contributed by atoms with Gasteiger partial charge in [0.2, 0.25) is 5.95 Å². The van der Waals surface area contributed by atoms with E-state index in [9.17, 15) is 17.6 Å². The molecule has 1 heterocycles. The fourth-order valence-corrected chi connectivity index (χ4v) is 3.82. The molecule has 8 heteroatoms. The fraction of sp³-hybridized carbons (Fsp3) is 0.0769. The molecule has 0 atom stereocenters. The van der Waals surface area contributed by atoms with E-state index in [1.807, 2.05) is 48.5 Å². The molecule has 0 aliphatic carbocycles. The van der Waals surface area contributed by atoms with Gasteiger partial charge in [0.25, 0.3) is 0 Å². The number of aromatic nitrogens is 2. The van der Waals surface area contributed by atoms with Crippen LogP contribution in [0.25, 0.3) is 32.8 Å². The molecule has 1 aromatic heterocycles. The van der Waals surface area contributed by atoms with E-state index in [1.165, 1.54) is 18.2 Å². The molecule has 0 spiro atoms. The zero-order valence-corrected chi connectivity index (χ0v) is 17.6. The molecular weight excluding hydrogens is 446 g/mol. The van der Waals surface area contributed by atoms with Gasteiger partial charge in [0, 0.05) is 23.5 Å².